The lowest BCUT2D eigenvalue weighted by atomic mass is 9.72. The molecule has 0 spiro atoms. The van der Waals surface area contributed by atoms with Crippen LogP contribution in [0.5, 0.6) is 11.5 Å². The Balaban J connectivity index is 1.46. The SMILES string of the molecule is CCOC(=O)C(C)(C)Oc1ccc(OCC(C2CCCCC2)C2(c3ccc(Cl)cc3)Nc3cc(F)c(F)cc3N2)c(F)c1. The smallest absolute Gasteiger partial charge is 0.349 e. The molecule has 1 heterocycles. The van der Waals surface area contributed by atoms with E-state index in [0.717, 1.165) is 49.8 Å². The third-order valence-corrected chi connectivity index (χ3v) is 8.51. The lowest BCUT2D eigenvalue weighted by Gasteiger charge is -2.44. The molecule has 0 bridgehead atoms. The summed E-state index contributed by atoms with van der Waals surface area (Å²) >= 11 is 6.22. The van der Waals surface area contributed by atoms with Crippen LogP contribution in [0.3, 0.4) is 0 Å². The highest BCUT2D eigenvalue weighted by molar-refractivity contribution is 6.30. The van der Waals surface area contributed by atoms with Crippen LogP contribution < -0.4 is 20.1 Å². The Kier molecular flexibility index (Phi) is 9.02. The first kappa shape index (κ1) is 30.9. The van der Waals surface area contributed by atoms with Crippen LogP contribution in [0.15, 0.2) is 54.6 Å². The maximum Gasteiger partial charge on any atom is 0.349 e. The minimum atomic E-state index is -1.31. The number of carbonyl (C=O) groups excluding carboxylic acids is 1. The second-order valence-corrected chi connectivity index (χ2v) is 12.1. The molecule has 230 valence electrons. The van der Waals surface area contributed by atoms with E-state index in [1.54, 1.807) is 32.9 Å². The number of anilines is 2. The van der Waals surface area contributed by atoms with Crippen LogP contribution in [0.2, 0.25) is 5.02 Å². The van der Waals surface area contributed by atoms with Gasteiger partial charge < -0.3 is 24.8 Å². The summed E-state index contributed by atoms with van der Waals surface area (Å²) in [5, 5.41) is 7.46. The highest BCUT2D eigenvalue weighted by atomic mass is 35.5. The van der Waals surface area contributed by atoms with Crippen molar-refractivity contribution in [3.05, 3.63) is 82.6 Å². The van der Waals surface area contributed by atoms with Gasteiger partial charge in [0.25, 0.3) is 0 Å². The lowest BCUT2D eigenvalue weighted by Crippen LogP contribution is -2.51. The summed E-state index contributed by atoms with van der Waals surface area (Å²) in [6.45, 7) is 5.09. The Morgan fingerprint density at radius 1 is 0.953 bits per heavy atom. The number of benzene rings is 3. The first-order chi connectivity index (χ1) is 20.5. The molecule has 1 fully saturated rings. The van der Waals surface area contributed by atoms with Crippen molar-refractivity contribution in [1.82, 2.24) is 0 Å². The Bertz CT molecular complexity index is 1430. The van der Waals surface area contributed by atoms with E-state index < -0.39 is 34.7 Å². The summed E-state index contributed by atoms with van der Waals surface area (Å²) in [6.07, 6.45) is 5.02. The number of rotatable bonds is 10. The summed E-state index contributed by atoms with van der Waals surface area (Å²) in [7, 11) is 0. The van der Waals surface area contributed by atoms with Crippen molar-refractivity contribution in [1.29, 1.82) is 0 Å². The van der Waals surface area contributed by atoms with Gasteiger partial charge in [0.2, 0.25) is 0 Å². The molecule has 1 unspecified atom stereocenters. The Morgan fingerprint density at radius 2 is 1.58 bits per heavy atom. The number of fused-ring (bicyclic) bond motifs is 1. The molecule has 6 nitrogen and oxygen atoms in total. The minimum Gasteiger partial charge on any atom is -0.490 e. The lowest BCUT2D eigenvalue weighted by molar-refractivity contribution is -0.158. The van der Waals surface area contributed by atoms with E-state index in [2.05, 4.69) is 10.6 Å². The van der Waals surface area contributed by atoms with Crippen molar-refractivity contribution in [2.24, 2.45) is 11.8 Å². The van der Waals surface area contributed by atoms with E-state index in [1.165, 1.54) is 18.2 Å². The van der Waals surface area contributed by atoms with E-state index in [4.69, 9.17) is 25.8 Å². The number of hydrogen-bond acceptors (Lipinski definition) is 6. The van der Waals surface area contributed by atoms with Gasteiger partial charge in [-0.1, -0.05) is 43.0 Å². The maximum absolute atomic E-state index is 15.4. The van der Waals surface area contributed by atoms with Gasteiger partial charge in [0.05, 0.1) is 24.6 Å². The Hall–Kier alpha value is -3.59. The number of hydrogen-bond donors (Lipinski definition) is 2. The van der Waals surface area contributed by atoms with E-state index in [9.17, 15) is 13.6 Å². The van der Waals surface area contributed by atoms with Crippen LogP contribution in [-0.2, 0) is 15.2 Å². The molecular weight excluding hydrogens is 581 g/mol. The second kappa shape index (κ2) is 12.6. The highest BCUT2D eigenvalue weighted by Gasteiger charge is 2.49. The monoisotopic (exact) mass is 616 g/mol. The van der Waals surface area contributed by atoms with Crippen molar-refractivity contribution in [3.63, 3.8) is 0 Å². The number of halogens is 4. The third-order valence-electron chi connectivity index (χ3n) is 8.26. The van der Waals surface area contributed by atoms with Gasteiger partial charge in [0.15, 0.2) is 28.8 Å². The second-order valence-electron chi connectivity index (χ2n) is 11.6. The fourth-order valence-electron chi connectivity index (χ4n) is 6.10. The van der Waals surface area contributed by atoms with E-state index >= 15 is 4.39 Å². The first-order valence-electron chi connectivity index (χ1n) is 14.6. The molecule has 43 heavy (non-hydrogen) atoms. The molecule has 0 aromatic heterocycles. The molecule has 3 aromatic rings. The number of nitrogens with one attached hydrogen (secondary N) is 2. The van der Waals surface area contributed by atoms with Gasteiger partial charge >= 0.3 is 5.97 Å². The summed E-state index contributed by atoms with van der Waals surface area (Å²) < 4.78 is 60.9. The molecule has 5 rings (SSSR count). The van der Waals surface area contributed by atoms with Crippen LogP contribution in [0.25, 0.3) is 0 Å². The molecule has 10 heteroatoms. The van der Waals surface area contributed by atoms with Gasteiger partial charge in [-0.25, -0.2) is 18.0 Å². The van der Waals surface area contributed by atoms with Gasteiger partial charge in [-0.2, -0.15) is 0 Å². The Morgan fingerprint density at radius 3 is 2.16 bits per heavy atom. The molecule has 0 saturated heterocycles. The van der Waals surface area contributed by atoms with Crippen molar-refractivity contribution in [3.8, 4) is 11.5 Å². The third kappa shape index (κ3) is 6.51. The standard InChI is InChI=1S/C33H36ClF3N2O4/c1-4-41-31(40)32(2,3)43-23-14-15-30(27(37)16-23)42-19-24(20-8-6-5-7-9-20)33(21-10-12-22(34)13-11-21)38-28-17-25(35)26(36)18-29(28)39-33/h10-18,20,24,38-39H,4-9,19H2,1-3H3. The zero-order valence-corrected chi connectivity index (χ0v) is 25.2. The summed E-state index contributed by atoms with van der Waals surface area (Å²) in [6, 6.07) is 13.7. The average Bonchev–Trinajstić information content (AvgIpc) is 3.34. The van der Waals surface area contributed by atoms with E-state index in [1.807, 2.05) is 12.1 Å². The molecule has 0 radical (unpaired) electrons. The molecule has 2 N–H and O–H groups in total. The van der Waals surface area contributed by atoms with Gasteiger partial charge in [-0.05, 0) is 69.4 Å². The zero-order valence-electron chi connectivity index (χ0n) is 24.4. The van der Waals surface area contributed by atoms with Crippen LogP contribution >= 0.6 is 11.6 Å². The average molecular weight is 617 g/mol. The predicted molar refractivity (Wildman–Crippen MR) is 160 cm³/mol. The molecule has 2 aliphatic rings. The molecule has 0 amide bonds. The predicted octanol–water partition coefficient (Wildman–Crippen LogP) is 8.44. The quantitative estimate of drug-likeness (QED) is 0.223. The minimum absolute atomic E-state index is 0.0148. The summed E-state index contributed by atoms with van der Waals surface area (Å²) in [5.41, 5.74) is -0.676. The topological polar surface area (TPSA) is 68.8 Å². The van der Waals surface area contributed by atoms with Crippen molar-refractivity contribution >= 4 is 28.9 Å². The van der Waals surface area contributed by atoms with Crippen LogP contribution in [0.4, 0.5) is 24.5 Å². The molecule has 1 saturated carbocycles. The Labute approximate surface area is 254 Å². The van der Waals surface area contributed by atoms with Crippen molar-refractivity contribution < 1.29 is 32.2 Å². The fraction of sp³-hybridized carbons (Fsp3) is 0.424. The van der Waals surface area contributed by atoms with Crippen LogP contribution in [0, 0.1) is 29.3 Å². The number of ether oxygens (including phenoxy) is 3. The van der Waals surface area contributed by atoms with Gasteiger partial charge in [-0.15, -0.1) is 0 Å². The first-order valence-corrected chi connectivity index (χ1v) is 15.0. The number of esters is 1. The maximum atomic E-state index is 15.4. The van der Waals surface area contributed by atoms with Crippen molar-refractivity contribution in [2.45, 2.75) is 64.1 Å². The molecular formula is C33H36ClF3N2O4. The van der Waals surface area contributed by atoms with Crippen molar-refractivity contribution in [2.75, 3.05) is 23.8 Å². The molecule has 1 aliphatic carbocycles. The normalized spacial score (nSPS) is 16.9. The van der Waals surface area contributed by atoms with Gasteiger partial charge in [-0.3, -0.25) is 0 Å². The van der Waals surface area contributed by atoms with E-state index in [0.29, 0.717) is 16.4 Å². The summed E-state index contributed by atoms with van der Waals surface area (Å²) in [5.74, 6) is -3.09. The van der Waals surface area contributed by atoms with Gasteiger partial charge in [0.1, 0.15) is 11.4 Å². The number of carbonyl (C=O) groups is 1. The summed E-state index contributed by atoms with van der Waals surface area (Å²) in [4.78, 5) is 12.2. The molecule has 3 aromatic carbocycles. The molecule has 1 atom stereocenters. The largest absolute Gasteiger partial charge is 0.490 e. The van der Waals surface area contributed by atoms with Gasteiger partial charge in [0, 0.05) is 29.1 Å². The highest BCUT2D eigenvalue weighted by Crippen LogP contribution is 2.49. The molecule has 1 aliphatic heterocycles. The van der Waals surface area contributed by atoms with E-state index in [-0.39, 0.29) is 36.5 Å². The van der Waals surface area contributed by atoms with Crippen LogP contribution in [0.1, 0.15) is 58.4 Å². The van der Waals surface area contributed by atoms with Crippen LogP contribution in [-0.4, -0.2) is 24.8 Å². The fourth-order valence-corrected chi connectivity index (χ4v) is 6.23. The zero-order chi connectivity index (χ0) is 30.8.